The molecule has 0 amide bonds. The summed E-state index contributed by atoms with van der Waals surface area (Å²) in [6.07, 6.45) is 0. The number of aryl methyl sites for hydroxylation is 1. The van der Waals surface area contributed by atoms with Gasteiger partial charge in [-0.05, 0) is 53.5 Å². The van der Waals surface area contributed by atoms with Crippen LogP contribution in [0.3, 0.4) is 0 Å². The Labute approximate surface area is 108 Å². The van der Waals surface area contributed by atoms with Gasteiger partial charge >= 0.3 is 0 Å². The first-order valence-corrected chi connectivity index (χ1v) is 6.01. The molecule has 0 bridgehead atoms. The number of nitrogens with two attached hydrogens (primary N) is 1. The quantitative estimate of drug-likeness (QED) is 0.866. The Morgan fingerprint density at radius 1 is 1.35 bits per heavy atom. The molecule has 2 rings (SSSR count). The highest BCUT2D eigenvalue weighted by Gasteiger charge is 2.09. The molecule has 0 radical (unpaired) electrons. The number of benzene rings is 1. The predicted molar refractivity (Wildman–Crippen MR) is 69.3 cm³/mol. The van der Waals surface area contributed by atoms with E-state index in [0.29, 0.717) is 12.2 Å². The number of rotatable bonds is 2. The van der Waals surface area contributed by atoms with Gasteiger partial charge in [0, 0.05) is 5.69 Å². The van der Waals surface area contributed by atoms with E-state index in [1.165, 1.54) is 12.1 Å². The van der Waals surface area contributed by atoms with Crippen LogP contribution in [0.4, 0.5) is 10.1 Å². The van der Waals surface area contributed by atoms with E-state index in [2.05, 4.69) is 21.0 Å². The number of hydrogen-bond donors (Lipinski definition) is 1. The zero-order chi connectivity index (χ0) is 12.6. The Bertz CT molecular complexity index is 543. The van der Waals surface area contributed by atoms with Crippen molar-refractivity contribution in [2.45, 2.75) is 20.4 Å². The highest BCUT2D eigenvalue weighted by molar-refractivity contribution is 9.10. The van der Waals surface area contributed by atoms with Crippen molar-refractivity contribution < 1.29 is 4.39 Å². The number of aromatic nitrogens is 2. The van der Waals surface area contributed by atoms with Gasteiger partial charge in [-0.1, -0.05) is 0 Å². The highest BCUT2D eigenvalue weighted by Crippen LogP contribution is 2.21. The van der Waals surface area contributed by atoms with Crippen LogP contribution in [0.25, 0.3) is 0 Å². The lowest BCUT2D eigenvalue weighted by atomic mass is 10.2. The Morgan fingerprint density at radius 3 is 2.59 bits per heavy atom. The molecule has 0 aliphatic rings. The van der Waals surface area contributed by atoms with Gasteiger partial charge in [-0.2, -0.15) is 5.10 Å². The second-order valence-corrected chi connectivity index (χ2v) is 4.83. The number of nitrogens with zero attached hydrogens (tertiary/aromatic N) is 2. The van der Waals surface area contributed by atoms with Crippen LogP contribution in [0.15, 0.2) is 22.7 Å². The molecule has 0 aliphatic heterocycles. The fourth-order valence-corrected chi connectivity index (χ4v) is 2.05. The van der Waals surface area contributed by atoms with Crippen molar-refractivity contribution >= 4 is 21.6 Å². The minimum absolute atomic E-state index is 0.319. The number of hydrogen-bond acceptors (Lipinski definition) is 2. The molecule has 2 N–H and O–H groups in total. The fraction of sp³-hybridized carbons (Fsp3) is 0.250. The molecule has 0 spiro atoms. The standard InChI is InChI=1S/C12H13BrFN3/c1-7-12(13)8(2)17(16-7)6-9-3-10(14)5-11(15)4-9/h3-5H,6,15H2,1-2H3. The summed E-state index contributed by atoms with van der Waals surface area (Å²) in [6.45, 7) is 4.40. The molecule has 0 atom stereocenters. The van der Waals surface area contributed by atoms with E-state index in [1.807, 2.05) is 18.5 Å². The van der Waals surface area contributed by atoms with Crippen molar-refractivity contribution in [2.75, 3.05) is 5.73 Å². The SMILES string of the molecule is Cc1nn(Cc2cc(N)cc(F)c2)c(C)c1Br. The van der Waals surface area contributed by atoms with Gasteiger partial charge in [0.2, 0.25) is 0 Å². The van der Waals surface area contributed by atoms with Crippen LogP contribution < -0.4 is 5.73 Å². The molecule has 0 unspecified atom stereocenters. The van der Waals surface area contributed by atoms with Gasteiger partial charge < -0.3 is 5.73 Å². The molecule has 17 heavy (non-hydrogen) atoms. The van der Waals surface area contributed by atoms with Gasteiger partial charge in [-0.15, -0.1) is 0 Å². The lowest BCUT2D eigenvalue weighted by Crippen LogP contribution is -2.05. The summed E-state index contributed by atoms with van der Waals surface area (Å²) in [5.74, 6) is -0.319. The summed E-state index contributed by atoms with van der Waals surface area (Å²) in [6, 6.07) is 4.54. The molecule has 0 fully saturated rings. The second kappa shape index (κ2) is 4.49. The van der Waals surface area contributed by atoms with Gasteiger partial charge in [0.05, 0.1) is 22.4 Å². The maximum atomic E-state index is 13.2. The Kier molecular flexibility index (Phi) is 3.19. The molecule has 1 aromatic carbocycles. The zero-order valence-electron chi connectivity index (χ0n) is 9.67. The first-order chi connectivity index (χ1) is 7.97. The maximum absolute atomic E-state index is 13.2. The van der Waals surface area contributed by atoms with Crippen molar-refractivity contribution in [3.8, 4) is 0 Å². The molecule has 90 valence electrons. The molecule has 5 heteroatoms. The van der Waals surface area contributed by atoms with Crippen molar-refractivity contribution in [1.82, 2.24) is 9.78 Å². The van der Waals surface area contributed by atoms with Gasteiger partial charge in [0.15, 0.2) is 0 Å². The summed E-state index contributed by atoms with van der Waals surface area (Å²) in [4.78, 5) is 0. The first kappa shape index (κ1) is 12.1. The normalized spacial score (nSPS) is 10.8. The minimum atomic E-state index is -0.319. The lowest BCUT2D eigenvalue weighted by Gasteiger charge is -2.06. The molecular weight excluding hydrogens is 285 g/mol. The maximum Gasteiger partial charge on any atom is 0.125 e. The Hall–Kier alpha value is -1.36. The third-order valence-corrected chi connectivity index (χ3v) is 3.75. The van der Waals surface area contributed by atoms with E-state index in [4.69, 9.17) is 5.73 Å². The van der Waals surface area contributed by atoms with E-state index in [1.54, 1.807) is 6.07 Å². The summed E-state index contributed by atoms with van der Waals surface area (Å²) in [5, 5.41) is 4.37. The van der Waals surface area contributed by atoms with E-state index in [9.17, 15) is 4.39 Å². The van der Waals surface area contributed by atoms with Crippen molar-refractivity contribution in [3.05, 3.63) is 45.4 Å². The summed E-state index contributed by atoms with van der Waals surface area (Å²) in [5.41, 5.74) is 8.79. The van der Waals surface area contributed by atoms with Crippen LogP contribution in [0, 0.1) is 19.7 Å². The van der Waals surface area contributed by atoms with Crippen LogP contribution in [0.5, 0.6) is 0 Å². The molecule has 0 aliphatic carbocycles. The average Bonchev–Trinajstić information content (AvgIpc) is 2.45. The number of nitrogen functional groups attached to an aromatic ring is 1. The molecule has 2 aromatic rings. The number of halogens is 2. The zero-order valence-corrected chi connectivity index (χ0v) is 11.3. The molecule has 1 aromatic heterocycles. The summed E-state index contributed by atoms with van der Waals surface area (Å²) >= 11 is 3.46. The van der Waals surface area contributed by atoms with E-state index < -0.39 is 0 Å². The van der Waals surface area contributed by atoms with E-state index in [0.717, 1.165) is 21.4 Å². The molecular formula is C12H13BrFN3. The topological polar surface area (TPSA) is 43.8 Å². The third-order valence-electron chi connectivity index (χ3n) is 2.61. The minimum Gasteiger partial charge on any atom is -0.399 e. The van der Waals surface area contributed by atoms with Crippen LogP contribution in [0.2, 0.25) is 0 Å². The van der Waals surface area contributed by atoms with Gasteiger partial charge in [0.1, 0.15) is 5.82 Å². The smallest absolute Gasteiger partial charge is 0.125 e. The first-order valence-electron chi connectivity index (χ1n) is 5.22. The third kappa shape index (κ3) is 2.49. The molecule has 3 nitrogen and oxygen atoms in total. The van der Waals surface area contributed by atoms with E-state index in [-0.39, 0.29) is 5.82 Å². The summed E-state index contributed by atoms with van der Waals surface area (Å²) in [7, 11) is 0. The van der Waals surface area contributed by atoms with Crippen LogP contribution in [0.1, 0.15) is 17.0 Å². The largest absolute Gasteiger partial charge is 0.399 e. The molecule has 1 heterocycles. The van der Waals surface area contributed by atoms with Crippen molar-refractivity contribution in [1.29, 1.82) is 0 Å². The van der Waals surface area contributed by atoms with Crippen LogP contribution in [-0.2, 0) is 6.54 Å². The lowest BCUT2D eigenvalue weighted by molar-refractivity contribution is 0.616. The van der Waals surface area contributed by atoms with Gasteiger partial charge in [0.25, 0.3) is 0 Å². The van der Waals surface area contributed by atoms with Gasteiger partial charge in [-0.3, -0.25) is 4.68 Å². The predicted octanol–water partition coefficient (Wildman–Crippen LogP) is 3.03. The van der Waals surface area contributed by atoms with Crippen molar-refractivity contribution in [3.63, 3.8) is 0 Å². The van der Waals surface area contributed by atoms with Crippen LogP contribution in [-0.4, -0.2) is 9.78 Å². The Morgan fingerprint density at radius 2 is 2.06 bits per heavy atom. The van der Waals surface area contributed by atoms with Crippen LogP contribution >= 0.6 is 15.9 Å². The van der Waals surface area contributed by atoms with Crippen molar-refractivity contribution in [2.24, 2.45) is 0 Å². The molecule has 0 saturated heterocycles. The highest BCUT2D eigenvalue weighted by atomic mass is 79.9. The fourth-order valence-electron chi connectivity index (χ4n) is 1.77. The molecule has 0 saturated carbocycles. The van der Waals surface area contributed by atoms with E-state index >= 15 is 0 Å². The number of anilines is 1. The average molecular weight is 298 g/mol. The summed E-state index contributed by atoms with van der Waals surface area (Å²) < 4.78 is 16.0. The Balaban J connectivity index is 2.34. The second-order valence-electron chi connectivity index (χ2n) is 4.04. The monoisotopic (exact) mass is 297 g/mol. The van der Waals surface area contributed by atoms with Gasteiger partial charge in [-0.25, -0.2) is 4.39 Å².